The summed E-state index contributed by atoms with van der Waals surface area (Å²) in [7, 11) is 0. The fraction of sp³-hybridized carbons (Fsp3) is 0.529. The minimum Gasteiger partial charge on any atom is -0.337 e. The fourth-order valence-corrected chi connectivity index (χ4v) is 2.67. The maximum atomic E-state index is 12.3. The first-order chi connectivity index (χ1) is 9.69. The molecule has 0 aromatic heterocycles. The molecule has 1 aromatic carbocycles. The zero-order valence-corrected chi connectivity index (χ0v) is 14.5. The minimum absolute atomic E-state index is 0.0604. The van der Waals surface area contributed by atoms with Crippen LogP contribution in [-0.4, -0.2) is 16.7 Å². The van der Waals surface area contributed by atoms with Gasteiger partial charge >= 0.3 is 0 Å². The van der Waals surface area contributed by atoms with Crippen molar-refractivity contribution in [1.29, 1.82) is 5.26 Å². The average molecular weight is 304 g/mol. The maximum absolute atomic E-state index is 12.3. The highest BCUT2D eigenvalue weighted by Gasteiger charge is 2.31. The molecule has 4 heteroatoms. The van der Waals surface area contributed by atoms with Gasteiger partial charge in [0, 0.05) is 4.90 Å². The molecule has 0 unspecified atom stereocenters. The summed E-state index contributed by atoms with van der Waals surface area (Å²) >= 11 is 1.52. The molecule has 0 saturated carbocycles. The van der Waals surface area contributed by atoms with Crippen LogP contribution in [0.1, 0.15) is 38.8 Å². The highest BCUT2D eigenvalue weighted by molar-refractivity contribution is 8.00. The molecule has 0 heterocycles. The summed E-state index contributed by atoms with van der Waals surface area (Å²) in [6, 6.07) is 8.39. The molecule has 1 rings (SSSR count). The van der Waals surface area contributed by atoms with Crippen LogP contribution in [0.25, 0.3) is 0 Å². The van der Waals surface area contributed by atoms with Crippen molar-refractivity contribution in [1.82, 2.24) is 5.32 Å². The lowest BCUT2D eigenvalue weighted by atomic mass is 9.90. The molecule has 1 N–H and O–H groups in total. The molecule has 2 atom stereocenters. The van der Waals surface area contributed by atoms with Crippen molar-refractivity contribution in [3.8, 4) is 6.07 Å². The minimum atomic E-state index is -0.824. The van der Waals surface area contributed by atoms with Crippen LogP contribution in [-0.2, 0) is 4.79 Å². The summed E-state index contributed by atoms with van der Waals surface area (Å²) in [5.74, 6) is -0.0405. The lowest BCUT2D eigenvalue weighted by Crippen LogP contribution is -2.51. The second-order valence-corrected chi connectivity index (χ2v) is 7.38. The highest BCUT2D eigenvalue weighted by Crippen LogP contribution is 2.26. The molecule has 114 valence electrons. The van der Waals surface area contributed by atoms with E-state index in [1.54, 1.807) is 6.92 Å². The molecule has 0 bridgehead atoms. The van der Waals surface area contributed by atoms with E-state index >= 15 is 0 Å². The number of nitrogens with one attached hydrogen (secondary N) is 1. The summed E-state index contributed by atoms with van der Waals surface area (Å²) in [5.41, 5.74) is 1.64. The second-order valence-electron chi connectivity index (χ2n) is 5.96. The molecule has 0 aliphatic heterocycles. The number of nitrogens with zero attached hydrogens (tertiary/aromatic N) is 1. The number of hydrogen-bond donors (Lipinski definition) is 1. The Bertz CT molecular complexity index is 562. The van der Waals surface area contributed by atoms with Crippen molar-refractivity contribution in [2.75, 3.05) is 0 Å². The van der Waals surface area contributed by atoms with Crippen molar-refractivity contribution in [3.63, 3.8) is 0 Å². The largest absolute Gasteiger partial charge is 0.337 e. The first-order valence-electron chi connectivity index (χ1n) is 7.16. The Labute approximate surface area is 132 Å². The third-order valence-electron chi connectivity index (χ3n) is 3.93. The fourth-order valence-electron chi connectivity index (χ4n) is 1.70. The van der Waals surface area contributed by atoms with Gasteiger partial charge in [0.1, 0.15) is 5.54 Å². The molecule has 1 amide bonds. The molecule has 0 spiro atoms. The van der Waals surface area contributed by atoms with Gasteiger partial charge in [0.05, 0.1) is 11.3 Å². The SMILES string of the molecule is Cc1ccc(S[C@@H](C)C(=O)N[C@](C)(C#N)C(C)C)cc1C. The number of amides is 1. The number of hydrogen-bond acceptors (Lipinski definition) is 3. The van der Waals surface area contributed by atoms with Gasteiger partial charge in [0.25, 0.3) is 0 Å². The van der Waals surface area contributed by atoms with Gasteiger partial charge in [0.2, 0.25) is 5.91 Å². The van der Waals surface area contributed by atoms with Crippen LogP contribution in [0.4, 0.5) is 0 Å². The smallest absolute Gasteiger partial charge is 0.234 e. The predicted octanol–water partition coefficient (Wildman–Crippen LogP) is 3.84. The Morgan fingerprint density at radius 3 is 2.38 bits per heavy atom. The summed E-state index contributed by atoms with van der Waals surface area (Å²) in [6.45, 7) is 11.6. The van der Waals surface area contributed by atoms with E-state index in [4.69, 9.17) is 0 Å². The van der Waals surface area contributed by atoms with Crippen molar-refractivity contribution >= 4 is 17.7 Å². The normalized spacial score (nSPS) is 15.1. The van der Waals surface area contributed by atoms with Gasteiger partial charge in [-0.25, -0.2) is 0 Å². The van der Waals surface area contributed by atoms with E-state index < -0.39 is 5.54 Å². The Balaban J connectivity index is 2.75. The van der Waals surface area contributed by atoms with Gasteiger partial charge < -0.3 is 5.32 Å². The van der Waals surface area contributed by atoms with Crippen molar-refractivity contribution in [2.24, 2.45) is 5.92 Å². The highest BCUT2D eigenvalue weighted by atomic mass is 32.2. The zero-order valence-electron chi connectivity index (χ0n) is 13.7. The topological polar surface area (TPSA) is 52.9 Å². The van der Waals surface area contributed by atoms with E-state index in [0.29, 0.717) is 0 Å². The Morgan fingerprint density at radius 1 is 1.29 bits per heavy atom. The monoisotopic (exact) mass is 304 g/mol. The Kier molecular flexibility index (Phi) is 5.86. The van der Waals surface area contributed by atoms with Crippen LogP contribution >= 0.6 is 11.8 Å². The molecule has 0 fully saturated rings. The molecule has 0 aliphatic rings. The van der Waals surface area contributed by atoms with Gasteiger partial charge in [-0.15, -0.1) is 11.8 Å². The number of thioether (sulfide) groups is 1. The second kappa shape index (κ2) is 7.00. The quantitative estimate of drug-likeness (QED) is 0.841. The molecular formula is C17H24N2OS. The zero-order chi connectivity index (χ0) is 16.2. The summed E-state index contributed by atoms with van der Waals surface area (Å²) in [6.07, 6.45) is 0. The van der Waals surface area contributed by atoms with E-state index in [9.17, 15) is 10.1 Å². The van der Waals surface area contributed by atoms with Gasteiger partial charge in [-0.05, 0) is 56.9 Å². The number of benzene rings is 1. The Hall–Kier alpha value is -1.47. The first-order valence-corrected chi connectivity index (χ1v) is 8.04. The Morgan fingerprint density at radius 2 is 1.90 bits per heavy atom. The van der Waals surface area contributed by atoms with Gasteiger partial charge in [-0.2, -0.15) is 5.26 Å². The number of nitriles is 1. The van der Waals surface area contributed by atoms with Crippen LogP contribution < -0.4 is 5.32 Å². The third-order valence-corrected chi connectivity index (χ3v) is 5.02. The van der Waals surface area contributed by atoms with Gasteiger partial charge in [-0.3, -0.25) is 4.79 Å². The third kappa shape index (κ3) is 4.50. The summed E-state index contributed by atoms with van der Waals surface area (Å²) < 4.78 is 0. The molecule has 3 nitrogen and oxygen atoms in total. The van der Waals surface area contributed by atoms with Gasteiger partial charge in [-0.1, -0.05) is 19.9 Å². The van der Waals surface area contributed by atoms with E-state index in [0.717, 1.165) is 4.90 Å². The van der Waals surface area contributed by atoms with Crippen LogP contribution in [0.5, 0.6) is 0 Å². The van der Waals surface area contributed by atoms with Crippen molar-refractivity contribution < 1.29 is 4.79 Å². The first kappa shape index (κ1) is 17.6. The number of rotatable bonds is 5. The number of carbonyl (C=O) groups excluding carboxylic acids is 1. The van der Waals surface area contributed by atoms with Gasteiger partial charge in [0.15, 0.2) is 0 Å². The standard InChI is InChI=1S/C17H24N2OS/c1-11(2)17(6,10-18)19-16(20)14(5)21-15-8-7-12(3)13(4)9-15/h7-9,11,14H,1-6H3,(H,19,20)/t14-,17+/m0/s1. The lowest BCUT2D eigenvalue weighted by Gasteiger charge is -2.28. The van der Waals surface area contributed by atoms with E-state index in [2.05, 4.69) is 37.4 Å². The molecule has 0 aliphatic carbocycles. The number of aryl methyl sites for hydroxylation is 2. The van der Waals surface area contributed by atoms with E-state index in [-0.39, 0.29) is 17.1 Å². The molecule has 21 heavy (non-hydrogen) atoms. The molecular weight excluding hydrogens is 280 g/mol. The van der Waals surface area contributed by atoms with E-state index in [1.165, 1.54) is 22.9 Å². The average Bonchev–Trinajstić information content (AvgIpc) is 2.42. The van der Waals surface area contributed by atoms with Crippen molar-refractivity contribution in [3.05, 3.63) is 29.3 Å². The summed E-state index contributed by atoms with van der Waals surface area (Å²) in [5, 5.41) is 11.9. The lowest BCUT2D eigenvalue weighted by molar-refractivity contribution is -0.121. The molecule has 0 radical (unpaired) electrons. The predicted molar refractivity (Wildman–Crippen MR) is 88.2 cm³/mol. The van der Waals surface area contributed by atoms with Crippen LogP contribution in [0.15, 0.2) is 23.1 Å². The van der Waals surface area contributed by atoms with Crippen LogP contribution in [0.2, 0.25) is 0 Å². The van der Waals surface area contributed by atoms with E-state index in [1.807, 2.05) is 26.8 Å². The summed E-state index contributed by atoms with van der Waals surface area (Å²) in [4.78, 5) is 13.4. The van der Waals surface area contributed by atoms with Crippen molar-refractivity contribution in [2.45, 2.75) is 57.2 Å². The van der Waals surface area contributed by atoms with Crippen LogP contribution in [0, 0.1) is 31.1 Å². The molecule has 1 aromatic rings. The molecule has 0 saturated heterocycles. The van der Waals surface area contributed by atoms with Crippen LogP contribution in [0.3, 0.4) is 0 Å². The maximum Gasteiger partial charge on any atom is 0.234 e. The number of carbonyl (C=O) groups is 1.